The average molecular weight is 283 g/mol. The van der Waals surface area contributed by atoms with Gasteiger partial charge in [-0.25, -0.2) is 0 Å². The number of nitrogens with zero attached hydrogens (tertiary/aromatic N) is 2. The fourth-order valence-electron chi connectivity index (χ4n) is 3.37. The first-order valence-corrected chi connectivity index (χ1v) is 7.84. The van der Waals surface area contributed by atoms with Gasteiger partial charge in [0.25, 0.3) is 0 Å². The van der Waals surface area contributed by atoms with E-state index in [1.54, 1.807) is 0 Å². The number of morpholine rings is 1. The molecule has 1 aliphatic carbocycles. The van der Waals surface area contributed by atoms with Crippen LogP contribution in [0.3, 0.4) is 0 Å². The molecule has 0 radical (unpaired) electrons. The first-order chi connectivity index (χ1) is 9.45. The van der Waals surface area contributed by atoms with Crippen LogP contribution in [0.1, 0.15) is 39.5 Å². The highest BCUT2D eigenvalue weighted by molar-refractivity contribution is 5.78. The standard InChI is InChI=1S/C15H29N3O2/c1-11-8-18(9-12(2)20-11)15(19)10-17(3)14-6-4-13(16)5-7-14/h11-14H,4-10,16H2,1-3H3. The molecular weight excluding hydrogens is 254 g/mol. The molecule has 1 heterocycles. The van der Waals surface area contributed by atoms with Gasteiger partial charge in [-0.05, 0) is 46.6 Å². The number of ether oxygens (including phenoxy) is 1. The van der Waals surface area contributed by atoms with E-state index in [-0.39, 0.29) is 18.1 Å². The van der Waals surface area contributed by atoms with Crippen LogP contribution in [0.2, 0.25) is 0 Å². The van der Waals surface area contributed by atoms with Crippen molar-refractivity contribution in [3.8, 4) is 0 Å². The van der Waals surface area contributed by atoms with Gasteiger partial charge in [-0.15, -0.1) is 0 Å². The molecule has 1 saturated heterocycles. The molecule has 1 aliphatic heterocycles. The monoisotopic (exact) mass is 283 g/mol. The van der Waals surface area contributed by atoms with Crippen molar-refractivity contribution < 1.29 is 9.53 Å². The number of carbonyl (C=O) groups is 1. The maximum absolute atomic E-state index is 12.4. The summed E-state index contributed by atoms with van der Waals surface area (Å²) in [7, 11) is 2.06. The van der Waals surface area contributed by atoms with Gasteiger partial charge in [-0.3, -0.25) is 9.69 Å². The highest BCUT2D eigenvalue weighted by Gasteiger charge is 2.28. The zero-order chi connectivity index (χ0) is 14.7. The summed E-state index contributed by atoms with van der Waals surface area (Å²) in [4.78, 5) is 16.6. The van der Waals surface area contributed by atoms with E-state index >= 15 is 0 Å². The lowest BCUT2D eigenvalue weighted by atomic mass is 9.91. The summed E-state index contributed by atoms with van der Waals surface area (Å²) in [6.07, 6.45) is 4.66. The third kappa shape index (κ3) is 4.17. The second-order valence-corrected chi connectivity index (χ2v) is 6.54. The van der Waals surface area contributed by atoms with Crippen LogP contribution in [0.25, 0.3) is 0 Å². The molecule has 5 nitrogen and oxygen atoms in total. The Kier molecular flexibility index (Phi) is 5.41. The zero-order valence-electron chi connectivity index (χ0n) is 13.0. The minimum atomic E-state index is 0.140. The molecule has 116 valence electrons. The van der Waals surface area contributed by atoms with Crippen LogP contribution >= 0.6 is 0 Å². The number of hydrogen-bond donors (Lipinski definition) is 1. The van der Waals surface area contributed by atoms with Crippen LogP contribution in [-0.4, -0.2) is 66.7 Å². The molecule has 5 heteroatoms. The van der Waals surface area contributed by atoms with Gasteiger partial charge in [0.05, 0.1) is 18.8 Å². The minimum absolute atomic E-state index is 0.140. The fraction of sp³-hybridized carbons (Fsp3) is 0.933. The summed E-state index contributed by atoms with van der Waals surface area (Å²) in [5.74, 6) is 0.226. The third-order valence-corrected chi connectivity index (χ3v) is 4.52. The summed E-state index contributed by atoms with van der Waals surface area (Å²) in [5, 5.41) is 0. The van der Waals surface area contributed by atoms with Crippen LogP contribution < -0.4 is 5.73 Å². The molecule has 2 rings (SSSR count). The van der Waals surface area contributed by atoms with Crippen LogP contribution in [0.5, 0.6) is 0 Å². The average Bonchev–Trinajstić information content (AvgIpc) is 2.38. The van der Waals surface area contributed by atoms with Gasteiger partial charge >= 0.3 is 0 Å². The van der Waals surface area contributed by atoms with Crippen molar-refractivity contribution in [1.29, 1.82) is 0 Å². The predicted octanol–water partition coefficient (Wildman–Crippen LogP) is 0.824. The molecule has 20 heavy (non-hydrogen) atoms. The van der Waals surface area contributed by atoms with Crippen molar-refractivity contribution in [3.63, 3.8) is 0 Å². The van der Waals surface area contributed by atoms with Crippen molar-refractivity contribution in [2.24, 2.45) is 5.73 Å². The molecule has 1 amide bonds. The SMILES string of the molecule is CC1CN(C(=O)CN(C)C2CCC(N)CC2)CC(C)O1. The van der Waals surface area contributed by atoms with Gasteiger partial charge < -0.3 is 15.4 Å². The predicted molar refractivity (Wildman–Crippen MR) is 79.5 cm³/mol. The first-order valence-electron chi connectivity index (χ1n) is 7.84. The number of rotatable bonds is 3. The van der Waals surface area contributed by atoms with Crippen molar-refractivity contribution in [3.05, 3.63) is 0 Å². The molecule has 0 spiro atoms. The maximum atomic E-state index is 12.4. The Labute approximate surface area is 122 Å². The Hall–Kier alpha value is -0.650. The number of amides is 1. The van der Waals surface area contributed by atoms with Crippen molar-refractivity contribution in [1.82, 2.24) is 9.80 Å². The van der Waals surface area contributed by atoms with Gasteiger partial charge in [0.15, 0.2) is 0 Å². The summed E-state index contributed by atoms with van der Waals surface area (Å²) in [5.41, 5.74) is 5.94. The molecule has 0 aromatic heterocycles. The van der Waals surface area contributed by atoms with E-state index in [1.165, 1.54) is 0 Å². The second-order valence-electron chi connectivity index (χ2n) is 6.54. The van der Waals surface area contributed by atoms with E-state index in [0.717, 1.165) is 25.7 Å². The molecule has 0 aromatic carbocycles. The highest BCUT2D eigenvalue weighted by Crippen LogP contribution is 2.21. The van der Waals surface area contributed by atoms with Crippen LogP contribution in [-0.2, 0) is 9.53 Å². The van der Waals surface area contributed by atoms with Gasteiger partial charge in [0.2, 0.25) is 5.91 Å². The van der Waals surface area contributed by atoms with E-state index in [1.807, 2.05) is 18.7 Å². The number of likely N-dealkylation sites (N-methyl/N-ethyl adjacent to an activating group) is 1. The first kappa shape index (κ1) is 15.7. The lowest BCUT2D eigenvalue weighted by molar-refractivity contribution is -0.144. The minimum Gasteiger partial charge on any atom is -0.372 e. The smallest absolute Gasteiger partial charge is 0.236 e. The van der Waals surface area contributed by atoms with Crippen molar-refractivity contribution in [2.75, 3.05) is 26.7 Å². The Balaban J connectivity index is 1.81. The van der Waals surface area contributed by atoms with E-state index in [2.05, 4.69) is 11.9 Å². The quantitative estimate of drug-likeness (QED) is 0.833. The summed E-state index contributed by atoms with van der Waals surface area (Å²) in [6, 6.07) is 0.867. The molecule has 0 aromatic rings. The van der Waals surface area contributed by atoms with Gasteiger partial charge in [0, 0.05) is 25.2 Å². The van der Waals surface area contributed by atoms with E-state index in [0.29, 0.717) is 31.7 Å². The molecule has 1 saturated carbocycles. The molecule has 0 bridgehead atoms. The van der Waals surface area contributed by atoms with Crippen LogP contribution in [0.15, 0.2) is 0 Å². The summed E-state index contributed by atoms with van der Waals surface area (Å²) >= 11 is 0. The molecule has 2 N–H and O–H groups in total. The molecular formula is C15H29N3O2. The topological polar surface area (TPSA) is 58.8 Å². The Morgan fingerprint density at radius 3 is 2.30 bits per heavy atom. The molecule has 2 fully saturated rings. The van der Waals surface area contributed by atoms with Crippen LogP contribution in [0.4, 0.5) is 0 Å². The Morgan fingerprint density at radius 2 is 1.75 bits per heavy atom. The Bertz CT molecular complexity index is 319. The van der Waals surface area contributed by atoms with Crippen LogP contribution in [0, 0.1) is 0 Å². The van der Waals surface area contributed by atoms with E-state index in [9.17, 15) is 4.79 Å². The van der Waals surface area contributed by atoms with E-state index in [4.69, 9.17) is 10.5 Å². The number of nitrogens with two attached hydrogens (primary N) is 1. The second kappa shape index (κ2) is 6.87. The van der Waals surface area contributed by atoms with Gasteiger partial charge in [0.1, 0.15) is 0 Å². The van der Waals surface area contributed by atoms with Crippen molar-refractivity contribution >= 4 is 5.91 Å². The van der Waals surface area contributed by atoms with Gasteiger partial charge in [-0.1, -0.05) is 0 Å². The van der Waals surface area contributed by atoms with Crippen molar-refractivity contribution in [2.45, 2.75) is 63.8 Å². The zero-order valence-corrected chi connectivity index (χ0v) is 13.0. The number of hydrogen-bond acceptors (Lipinski definition) is 4. The van der Waals surface area contributed by atoms with Gasteiger partial charge in [-0.2, -0.15) is 0 Å². The number of carbonyl (C=O) groups excluding carboxylic acids is 1. The lowest BCUT2D eigenvalue weighted by Gasteiger charge is -2.38. The lowest BCUT2D eigenvalue weighted by Crippen LogP contribution is -2.52. The largest absolute Gasteiger partial charge is 0.372 e. The fourth-order valence-corrected chi connectivity index (χ4v) is 3.37. The maximum Gasteiger partial charge on any atom is 0.236 e. The van der Waals surface area contributed by atoms with E-state index < -0.39 is 0 Å². The highest BCUT2D eigenvalue weighted by atomic mass is 16.5. The summed E-state index contributed by atoms with van der Waals surface area (Å²) < 4.78 is 5.68. The Morgan fingerprint density at radius 1 is 1.20 bits per heavy atom. The normalized spacial score (nSPS) is 35.4. The third-order valence-electron chi connectivity index (χ3n) is 4.52. The summed E-state index contributed by atoms with van der Waals surface area (Å²) in [6.45, 7) is 6.00. The molecule has 2 unspecified atom stereocenters. The molecule has 2 aliphatic rings. The molecule has 2 atom stereocenters.